The summed E-state index contributed by atoms with van der Waals surface area (Å²) in [7, 11) is 4.09. The number of hydrogen-bond donors (Lipinski definition) is 2. The van der Waals surface area contributed by atoms with Gasteiger partial charge >= 0.3 is 11.9 Å². The first kappa shape index (κ1) is 32.0. The zero-order valence-corrected chi connectivity index (χ0v) is 23.0. The Morgan fingerprint density at radius 1 is 0.946 bits per heavy atom. The van der Waals surface area contributed by atoms with Crippen molar-refractivity contribution in [1.82, 2.24) is 4.90 Å². The van der Waals surface area contributed by atoms with Gasteiger partial charge in [-0.25, -0.2) is 9.59 Å². The number of carbonyl (C=O) groups excluding carboxylic acids is 1. The first-order valence-corrected chi connectivity index (χ1v) is 12.4. The highest BCUT2D eigenvalue weighted by Crippen LogP contribution is 2.32. The van der Waals surface area contributed by atoms with E-state index in [-0.39, 0.29) is 5.91 Å². The minimum atomic E-state index is -1.26. The largest absolute Gasteiger partial charge is 0.491 e. The molecule has 0 saturated heterocycles. The van der Waals surface area contributed by atoms with Gasteiger partial charge in [-0.15, -0.1) is 0 Å². The highest BCUT2D eigenvalue weighted by atomic mass is 35.5. The van der Waals surface area contributed by atoms with E-state index in [0.717, 1.165) is 25.1 Å². The fourth-order valence-electron chi connectivity index (χ4n) is 3.04. The van der Waals surface area contributed by atoms with Gasteiger partial charge in [-0.2, -0.15) is 0 Å². The number of benzene rings is 2. The summed E-state index contributed by atoms with van der Waals surface area (Å²) in [6.45, 7) is 6.30. The van der Waals surface area contributed by atoms with Crippen LogP contribution in [0.5, 0.6) is 5.75 Å². The van der Waals surface area contributed by atoms with Crippen LogP contribution < -0.4 is 9.64 Å². The third-order valence-corrected chi connectivity index (χ3v) is 5.30. The fourth-order valence-corrected chi connectivity index (χ4v) is 3.41. The van der Waals surface area contributed by atoms with Crippen LogP contribution in [-0.4, -0.2) is 66.8 Å². The lowest BCUT2D eigenvalue weighted by molar-refractivity contribution is -0.134. The fraction of sp³-hybridized carbons (Fsp3) is 0.370. The van der Waals surface area contributed by atoms with Crippen LogP contribution in [0.2, 0.25) is 10.0 Å². The van der Waals surface area contributed by atoms with Crippen LogP contribution in [0, 0.1) is 5.92 Å². The number of amides is 1. The zero-order valence-electron chi connectivity index (χ0n) is 21.5. The first-order valence-electron chi connectivity index (χ1n) is 11.7. The molecule has 0 aromatic heterocycles. The number of halogens is 2. The van der Waals surface area contributed by atoms with E-state index in [1.54, 1.807) is 23.1 Å². The second-order valence-corrected chi connectivity index (χ2v) is 9.62. The molecule has 10 heteroatoms. The molecule has 2 N–H and O–H groups in total. The number of carbonyl (C=O) groups is 3. The normalized spacial score (nSPS) is 10.8. The van der Waals surface area contributed by atoms with Crippen molar-refractivity contribution < 1.29 is 29.3 Å². The molecule has 2 aromatic carbocycles. The summed E-state index contributed by atoms with van der Waals surface area (Å²) in [5.74, 6) is -1.61. The maximum atomic E-state index is 13.5. The summed E-state index contributed by atoms with van der Waals surface area (Å²) in [6.07, 6.45) is 2.96. The minimum absolute atomic E-state index is 0.178. The van der Waals surface area contributed by atoms with E-state index in [9.17, 15) is 14.4 Å². The first-order chi connectivity index (χ1) is 17.4. The molecule has 0 bridgehead atoms. The quantitative estimate of drug-likeness (QED) is 0.255. The molecule has 1 amide bonds. The maximum Gasteiger partial charge on any atom is 0.328 e. The van der Waals surface area contributed by atoms with E-state index >= 15 is 0 Å². The van der Waals surface area contributed by atoms with Crippen molar-refractivity contribution in [2.24, 2.45) is 5.92 Å². The number of carboxylic acid groups (broad SMARTS) is 2. The number of ether oxygens (including phenoxy) is 1. The average Bonchev–Trinajstić information content (AvgIpc) is 2.83. The van der Waals surface area contributed by atoms with E-state index < -0.39 is 11.9 Å². The van der Waals surface area contributed by atoms with Crippen molar-refractivity contribution >= 4 is 46.7 Å². The van der Waals surface area contributed by atoms with Gasteiger partial charge in [-0.3, -0.25) is 4.79 Å². The highest BCUT2D eigenvalue weighted by molar-refractivity contribution is 6.36. The third kappa shape index (κ3) is 12.6. The van der Waals surface area contributed by atoms with E-state index in [1.165, 1.54) is 0 Å². The van der Waals surface area contributed by atoms with Crippen LogP contribution in [-0.2, 0) is 9.59 Å². The number of unbranched alkanes of at least 4 members (excludes halogenated alkanes) is 1. The molecule has 2 rings (SSSR count). The van der Waals surface area contributed by atoms with Crippen molar-refractivity contribution in [3.8, 4) is 5.75 Å². The summed E-state index contributed by atoms with van der Waals surface area (Å²) in [5.41, 5.74) is 1.14. The SMILES string of the molecule is CC(C)COc1ccccc1N(CCCCN(C)C)C(=O)c1cc(Cl)ccc1Cl.O=C(O)/C=C/C(=O)O. The summed E-state index contributed by atoms with van der Waals surface area (Å²) in [4.78, 5) is 36.5. The second-order valence-electron chi connectivity index (χ2n) is 8.77. The Hall–Kier alpha value is -3.07. The Morgan fingerprint density at radius 2 is 1.54 bits per heavy atom. The summed E-state index contributed by atoms with van der Waals surface area (Å²) in [5, 5.41) is 16.5. The molecule has 0 radical (unpaired) electrons. The average molecular weight is 553 g/mol. The van der Waals surface area contributed by atoms with Gasteiger partial charge in [0.15, 0.2) is 0 Å². The van der Waals surface area contributed by atoms with Crippen LogP contribution in [0.25, 0.3) is 0 Å². The van der Waals surface area contributed by atoms with Crippen LogP contribution in [0.4, 0.5) is 5.69 Å². The number of hydrogen-bond acceptors (Lipinski definition) is 5. The van der Waals surface area contributed by atoms with E-state index in [4.69, 9.17) is 38.2 Å². The molecular weight excluding hydrogens is 519 g/mol. The zero-order chi connectivity index (χ0) is 28.0. The van der Waals surface area contributed by atoms with Crippen LogP contribution in [0.15, 0.2) is 54.6 Å². The molecule has 2 aromatic rings. The maximum absolute atomic E-state index is 13.5. The molecule has 0 spiro atoms. The van der Waals surface area contributed by atoms with Crippen LogP contribution in [0.1, 0.15) is 37.0 Å². The van der Waals surface area contributed by atoms with E-state index in [0.29, 0.717) is 52.6 Å². The molecule has 0 atom stereocenters. The number of para-hydroxylation sites is 2. The van der Waals surface area contributed by atoms with Gasteiger partial charge in [0.1, 0.15) is 5.75 Å². The Bertz CT molecular complexity index is 1060. The molecule has 0 fully saturated rings. The molecule has 0 aliphatic carbocycles. The van der Waals surface area contributed by atoms with Gasteiger partial charge in [-0.1, -0.05) is 49.2 Å². The summed E-state index contributed by atoms with van der Waals surface area (Å²) < 4.78 is 6.00. The topological polar surface area (TPSA) is 107 Å². The number of nitrogens with zero attached hydrogens (tertiary/aromatic N) is 2. The molecule has 37 heavy (non-hydrogen) atoms. The number of carboxylic acids is 2. The van der Waals surface area contributed by atoms with E-state index in [1.807, 2.05) is 38.4 Å². The Kier molecular flexibility index (Phi) is 14.4. The smallest absolute Gasteiger partial charge is 0.328 e. The van der Waals surface area contributed by atoms with Crippen LogP contribution in [0.3, 0.4) is 0 Å². The number of aliphatic carboxylic acids is 2. The van der Waals surface area contributed by atoms with Gasteiger partial charge < -0.3 is 24.7 Å². The van der Waals surface area contributed by atoms with Gasteiger partial charge in [0.05, 0.1) is 22.9 Å². The Labute approximate surface area is 228 Å². The van der Waals surface area contributed by atoms with E-state index in [2.05, 4.69) is 18.7 Å². The number of rotatable bonds is 12. The number of anilines is 1. The van der Waals surface area contributed by atoms with Crippen molar-refractivity contribution in [1.29, 1.82) is 0 Å². The second kappa shape index (κ2) is 16.6. The summed E-state index contributed by atoms with van der Waals surface area (Å²) in [6, 6.07) is 12.6. The van der Waals surface area contributed by atoms with Crippen molar-refractivity contribution in [2.75, 3.05) is 38.7 Å². The molecule has 0 aliphatic heterocycles. The third-order valence-electron chi connectivity index (χ3n) is 4.74. The summed E-state index contributed by atoms with van der Waals surface area (Å²) >= 11 is 12.5. The lowest BCUT2D eigenvalue weighted by Crippen LogP contribution is -2.33. The molecular formula is C27H34Cl2N2O6. The van der Waals surface area contributed by atoms with Crippen molar-refractivity contribution in [3.05, 3.63) is 70.2 Å². The minimum Gasteiger partial charge on any atom is -0.491 e. The van der Waals surface area contributed by atoms with Crippen molar-refractivity contribution in [3.63, 3.8) is 0 Å². The predicted octanol–water partition coefficient (Wildman–Crippen LogP) is 5.73. The monoisotopic (exact) mass is 552 g/mol. The molecule has 202 valence electrons. The van der Waals surface area contributed by atoms with Gasteiger partial charge in [0, 0.05) is 23.7 Å². The lowest BCUT2D eigenvalue weighted by atomic mass is 10.1. The molecule has 0 aliphatic rings. The standard InChI is InChI=1S/C23H30Cl2N2O2.C4H4O4/c1-17(2)16-29-22-10-6-5-9-21(22)27(14-8-7-13-26(3)4)23(28)19-15-18(24)11-12-20(19)25;5-3(6)1-2-4(7)8/h5-6,9-12,15,17H,7-8,13-14,16H2,1-4H3;1-2H,(H,5,6)(H,7,8)/b;2-1+. The van der Waals surface area contributed by atoms with Gasteiger partial charge in [0.25, 0.3) is 5.91 Å². The highest BCUT2D eigenvalue weighted by Gasteiger charge is 2.23. The van der Waals surface area contributed by atoms with Crippen LogP contribution >= 0.6 is 23.2 Å². The molecule has 0 saturated carbocycles. The lowest BCUT2D eigenvalue weighted by Gasteiger charge is -2.26. The van der Waals surface area contributed by atoms with Gasteiger partial charge in [0.2, 0.25) is 0 Å². The Morgan fingerprint density at radius 3 is 2.11 bits per heavy atom. The van der Waals surface area contributed by atoms with Crippen molar-refractivity contribution in [2.45, 2.75) is 26.7 Å². The Balaban J connectivity index is 0.000000738. The molecule has 0 heterocycles. The van der Waals surface area contributed by atoms with Gasteiger partial charge in [-0.05, 0) is 69.7 Å². The predicted molar refractivity (Wildman–Crippen MR) is 147 cm³/mol. The molecule has 8 nitrogen and oxygen atoms in total. The molecule has 0 unspecified atom stereocenters.